The second kappa shape index (κ2) is 15.9. The maximum Gasteiger partial charge on any atom is 0.270 e. The van der Waals surface area contributed by atoms with Crippen molar-refractivity contribution in [3.63, 3.8) is 0 Å². The lowest BCUT2D eigenvalue weighted by atomic mass is 9.72. The molecule has 2 heterocycles. The van der Waals surface area contributed by atoms with Gasteiger partial charge in [-0.25, -0.2) is 4.98 Å². The number of β-amino-alcohol motifs (C(OH)–C–C–N with tert-alkyl or cyclic N) is 1. The van der Waals surface area contributed by atoms with Crippen LogP contribution < -0.4 is 21.7 Å². The quantitative estimate of drug-likeness (QED) is 0.198. The van der Waals surface area contributed by atoms with E-state index in [1.807, 2.05) is 69.3 Å². The van der Waals surface area contributed by atoms with Crippen molar-refractivity contribution in [2.75, 3.05) is 13.1 Å². The minimum absolute atomic E-state index is 0.0566. The first kappa shape index (κ1) is 35.9. The molecule has 4 unspecified atom stereocenters. The molecule has 0 bridgehead atoms. The monoisotopic (exact) mass is 670 g/mol. The molecular weight excluding hydrogens is 620 g/mol. The third-order valence-electron chi connectivity index (χ3n) is 9.67. The van der Waals surface area contributed by atoms with Crippen LogP contribution in [-0.4, -0.2) is 81.5 Å². The fourth-order valence-corrected chi connectivity index (χ4v) is 7.26. The number of nitrogens with zero attached hydrogens (tertiary/aromatic N) is 2. The summed E-state index contributed by atoms with van der Waals surface area (Å²) in [4.78, 5) is 59.3. The van der Waals surface area contributed by atoms with Crippen molar-refractivity contribution in [3.05, 3.63) is 78.0 Å². The molecule has 6 N–H and O–H groups in total. The summed E-state index contributed by atoms with van der Waals surface area (Å²) in [5.74, 6) is -1.20. The zero-order valence-corrected chi connectivity index (χ0v) is 28.7. The number of nitrogens with two attached hydrogens (primary N) is 1. The summed E-state index contributed by atoms with van der Waals surface area (Å²) < 4.78 is 0. The van der Waals surface area contributed by atoms with Gasteiger partial charge in [0.15, 0.2) is 0 Å². The third kappa shape index (κ3) is 9.86. The Morgan fingerprint density at radius 1 is 0.939 bits per heavy atom. The number of amides is 4. The van der Waals surface area contributed by atoms with Gasteiger partial charge < -0.3 is 26.8 Å². The van der Waals surface area contributed by atoms with E-state index in [0.29, 0.717) is 23.9 Å². The van der Waals surface area contributed by atoms with Crippen molar-refractivity contribution in [1.82, 2.24) is 25.8 Å². The lowest BCUT2D eigenvalue weighted by Gasteiger charge is -2.47. The Morgan fingerprint density at radius 3 is 2.35 bits per heavy atom. The Kier molecular flexibility index (Phi) is 11.7. The maximum absolute atomic E-state index is 13.8. The highest BCUT2D eigenvalue weighted by Gasteiger charge is 2.42. The Labute approximate surface area is 288 Å². The van der Waals surface area contributed by atoms with Gasteiger partial charge in [0, 0.05) is 24.0 Å². The molecule has 3 aromatic rings. The Morgan fingerprint density at radius 2 is 1.63 bits per heavy atom. The largest absolute Gasteiger partial charge is 0.390 e. The number of para-hydroxylation sites is 1. The van der Waals surface area contributed by atoms with Gasteiger partial charge in [0.1, 0.15) is 11.7 Å². The van der Waals surface area contributed by atoms with Gasteiger partial charge in [-0.15, -0.1) is 0 Å². The molecular formula is C38H50N6O5. The van der Waals surface area contributed by atoms with Gasteiger partial charge in [-0.3, -0.25) is 24.1 Å². The highest BCUT2D eigenvalue weighted by Crippen LogP contribution is 2.39. The second-order valence-corrected chi connectivity index (χ2v) is 14.7. The zero-order valence-electron chi connectivity index (χ0n) is 28.7. The van der Waals surface area contributed by atoms with Gasteiger partial charge in [-0.05, 0) is 69.6 Å². The number of carbonyl (C=O) groups is 4. The number of likely N-dealkylation sites (tertiary alicyclic amines) is 1. The van der Waals surface area contributed by atoms with E-state index in [1.165, 1.54) is 6.42 Å². The number of nitrogens with one attached hydrogen (secondary N) is 3. The van der Waals surface area contributed by atoms with Gasteiger partial charge >= 0.3 is 0 Å². The highest BCUT2D eigenvalue weighted by molar-refractivity contribution is 5.99. The standard InChI is InChI=1S/C38H50N6O5/c1-38(2,3)43-37(49)32-20-26-14-7-8-15-27(26)22-44(32)23-33(45)30(19-24-11-5-4-6-12-24)41-36(48)31(21-34(39)46)42-35(47)29-18-17-25-13-9-10-16-28(25)40-29/h4-6,9-13,16-18,26-27,30-33,45H,7-8,14-15,19-23H2,1-3H3,(H2,39,46)(H,41,48)(H,42,47)(H,43,49)/t26?,27?,30?,31-,32-,33?/m0/s1. The van der Waals surface area contributed by atoms with E-state index < -0.39 is 53.9 Å². The van der Waals surface area contributed by atoms with E-state index in [1.54, 1.807) is 18.2 Å². The van der Waals surface area contributed by atoms with E-state index in [-0.39, 0.29) is 24.6 Å². The number of piperidine rings is 1. The van der Waals surface area contributed by atoms with Crippen molar-refractivity contribution < 1.29 is 24.3 Å². The van der Waals surface area contributed by atoms with Crippen LogP contribution in [0.1, 0.15) is 75.3 Å². The molecule has 2 aromatic carbocycles. The SMILES string of the molecule is CC(C)(C)NC(=O)[C@@H]1CC2CCCCC2CN1CC(O)C(Cc1ccccc1)NC(=O)[C@H](CC(N)=O)NC(=O)c1ccc2ccccc2n1. The number of benzene rings is 2. The summed E-state index contributed by atoms with van der Waals surface area (Å²) in [6.45, 7) is 6.73. The molecule has 11 heteroatoms. The number of hydrogen-bond donors (Lipinski definition) is 5. The van der Waals surface area contributed by atoms with Gasteiger partial charge in [0.2, 0.25) is 17.7 Å². The van der Waals surface area contributed by atoms with E-state index >= 15 is 0 Å². The van der Waals surface area contributed by atoms with Gasteiger partial charge in [-0.1, -0.05) is 73.9 Å². The predicted molar refractivity (Wildman–Crippen MR) is 188 cm³/mol. The summed E-state index contributed by atoms with van der Waals surface area (Å²) in [6, 6.07) is 17.6. The van der Waals surface area contributed by atoms with Crippen LogP contribution in [0.5, 0.6) is 0 Å². The van der Waals surface area contributed by atoms with Crippen LogP contribution in [0.3, 0.4) is 0 Å². The summed E-state index contributed by atoms with van der Waals surface area (Å²) >= 11 is 0. The number of fused-ring (bicyclic) bond motifs is 2. The molecule has 2 fully saturated rings. The number of aliphatic hydroxyl groups excluding tert-OH is 1. The number of carbonyl (C=O) groups excluding carboxylic acids is 4. The number of aromatic nitrogens is 1. The molecule has 1 aromatic heterocycles. The molecule has 0 spiro atoms. The molecule has 6 atom stereocenters. The molecule has 1 aliphatic carbocycles. The van der Waals surface area contributed by atoms with Crippen LogP contribution in [0.2, 0.25) is 0 Å². The first-order valence-corrected chi connectivity index (χ1v) is 17.4. The average molecular weight is 671 g/mol. The molecule has 4 amide bonds. The van der Waals surface area contributed by atoms with Gasteiger partial charge in [0.05, 0.1) is 30.1 Å². The topological polar surface area (TPSA) is 167 Å². The average Bonchev–Trinajstić information content (AvgIpc) is 3.06. The smallest absolute Gasteiger partial charge is 0.270 e. The van der Waals surface area contributed by atoms with Crippen LogP contribution in [0.25, 0.3) is 10.9 Å². The lowest BCUT2D eigenvalue weighted by Crippen LogP contribution is -2.61. The Hall–Kier alpha value is -4.35. The number of hydrogen-bond acceptors (Lipinski definition) is 7. The molecule has 5 rings (SSSR count). The second-order valence-electron chi connectivity index (χ2n) is 14.7. The first-order valence-electron chi connectivity index (χ1n) is 17.4. The summed E-state index contributed by atoms with van der Waals surface area (Å²) in [5.41, 5.74) is 6.70. The zero-order chi connectivity index (χ0) is 35.1. The normalized spacial score (nSPS) is 21.5. The Balaban J connectivity index is 1.35. The van der Waals surface area contributed by atoms with E-state index in [4.69, 9.17) is 5.73 Å². The highest BCUT2D eigenvalue weighted by atomic mass is 16.3. The van der Waals surface area contributed by atoms with Crippen molar-refractivity contribution in [1.29, 1.82) is 0 Å². The number of primary amides is 1. The molecule has 2 aliphatic rings. The molecule has 49 heavy (non-hydrogen) atoms. The molecule has 0 radical (unpaired) electrons. The van der Waals surface area contributed by atoms with Crippen LogP contribution >= 0.6 is 0 Å². The van der Waals surface area contributed by atoms with E-state index in [0.717, 1.165) is 36.6 Å². The van der Waals surface area contributed by atoms with Crippen molar-refractivity contribution in [3.8, 4) is 0 Å². The van der Waals surface area contributed by atoms with Crippen molar-refractivity contribution >= 4 is 34.5 Å². The van der Waals surface area contributed by atoms with E-state index in [9.17, 15) is 24.3 Å². The van der Waals surface area contributed by atoms with Crippen molar-refractivity contribution in [2.24, 2.45) is 17.6 Å². The van der Waals surface area contributed by atoms with Crippen molar-refractivity contribution in [2.45, 2.75) is 95.5 Å². The molecule has 1 saturated carbocycles. The third-order valence-corrected chi connectivity index (χ3v) is 9.67. The summed E-state index contributed by atoms with van der Waals surface area (Å²) in [5, 5.41) is 21.4. The number of aliphatic hydroxyl groups is 1. The molecule has 1 saturated heterocycles. The van der Waals surface area contributed by atoms with Crippen LogP contribution in [0, 0.1) is 11.8 Å². The lowest BCUT2D eigenvalue weighted by molar-refractivity contribution is -0.133. The first-order chi connectivity index (χ1) is 23.4. The Bertz CT molecular complexity index is 1630. The summed E-state index contributed by atoms with van der Waals surface area (Å²) in [6.07, 6.45) is 4.03. The van der Waals surface area contributed by atoms with Crippen LogP contribution in [0.15, 0.2) is 66.7 Å². The van der Waals surface area contributed by atoms with Gasteiger partial charge in [0.25, 0.3) is 5.91 Å². The van der Waals surface area contributed by atoms with Crippen LogP contribution in [-0.2, 0) is 20.8 Å². The maximum atomic E-state index is 13.8. The fraction of sp³-hybridized carbons (Fsp3) is 0.500. The number of rotatable bonds is 12. The predicted octanol–water partition coefficient (Wildman–Crippen LogP) is 3.09. The fourth-order valence-electron chi connectivity index (χ4n) is 7.26. The van der Waals surface area contributed by atoms with Gasteiger partial charge in [-0.2, -0.15) is 0 Å². The van der Waals surface area contributed by atoms with E-state index in [2.05, 4.69) is 25.8 Å². The van der Waals surface area contributed by atoms with Crippen LogP contribution in [0.4, 0.5) is 0 Å². The minimum atomic E-state index is -1.30. The molecule has 262 valence electrons. The minimum Gasteiger partial charge on any atom is -0.390 e. The molecule has 1 aliphatic heterocycles. The number of pyridine rings is 1. The molecule has 11 nitrogen and oxygen atoms in total. The summed E-state index contributed by atoms with van der Waals surface area (Å²) in [7, 11) is 0.